The van der Waals surface area contributed by atoms with Gasteiger partial charge in [0.05, 0.1) is 0 Å². The van der Waals surface area contributed by atoms with Crippen molar-refractivity contribution in [2.24, 2.45) is 5.92 Å². The van der Waals surface area contributed by atoms with Gasteiger partial charge < -0.3 is 30.5 Å². The molecule has 2 aliphatic heterocycles. The quantitative estimate of drug-likeness (QED) is 0.364. The third-order valence-electron chi connectivity index (χ3n) is 5.56. The number of carboxylic acid groups (broad SMARTS) is 2. The molecule has 1 aromatic carbocycles. The Hall–Kier alpha value is -1.46. The lowest BCUT2D eigenvalue weighted by molar-refractivity contribution is -0.165. The molecule has 0 bridgehead atoms. The van der Waals surface area contributed by atoms with E-state index in [1.165, 1.54) is 12.0 Å². The van der Waals surface area contributed by atoms with Crippen LogP contribution >= 0.6 is 23.2 Å². The molecule has 0 spiro atoms. The minimum atomic E-state index is -2.27. The average molecular weight is 493 g/mol. The van der Waals surface area contributed by atoms with Crippen LogP contribution in [0.5, 0.6) is 0 Å². The highest BCUT2D eigenvalue weighted by molar-refractivity contribution is 6.35. The highest BCUT2D eigenvalue weighted by Crippen LogP contribution is 2.26. The number of carboxylic acids is 2. The summed E-state index contributed by atoms with van der Waals surface area (Å²) >= 11 is 12.4. The maximum atomic E-state index is 9.77. The van der Waals surface area contributed by atoms with Gasteiger partial charge in [-0.05, 0) is 56.0 Å². The summed E-state index contributed by atoms with van der Waals surface area (Å²) in [5, 5.41) is 37.5. The summed E-state index contributed by atoms with van der Waals surface area (Å²) in [5.41, 5.74) is 1.17. The number of rotatable bonds is 8. The molecule has 2 saturated heterocycles. The number of aliphatic hydroxyl groups excluding tert-OH is 2. The molecule has 9 nitrogen and oxygen atoms in total. The molecule has 2 fully saturated rings. The molecule has 32 heavy (non-hydrogen) atoms. The number of hydrogen-bond donors (Lipinski definition) is 5. The zero-order valence-corrected chi connectivity index (χ0v) is 19.1. The van der Waals surface area contributed by atoms with Crippen LogP contribution < -0.4 is 5.32 Å². The van der Waals surface area contributed by atoms with Gasteiger partial charge in [0.2, 0.25) is 0 Å². The Morgan fingerprint density at radius 1 is 1.09 bits per heavy atom. The summed E-state index contributed by atoms with van der Waals surface area (Å²) in [6.45, 7) is 6.06. The third kappa shape index (κ3) is 8.47. The molecular weight excluding hydrogens is 463 g/mol. The fourth-order valence-electron chi connectivity index (χ4n) is 3.73. The van der Waals surface area contributed by atoms with Gasteiger partial charge in [-0.3, -0.25) is 4.90 Å². The van der Waals surface area contributed by atoms with E-state index in [9.17, 15) is 9.59 Å². The second-order valence-corrected chi connectivity index (χ2v) is 8.78. The van der Waals surface area contributed by atoms with Crippen molar-refractivity contribution < 1.29 is 34.8 Å². The van der Waals surface area contributed by atoms with E-state index in [2.05, 4.69) is 16.3 Å². The zero-order valence-electron chi connectivity index (χ0n) is 17.6. The van der Waals surface area contributed by atoms with Crippen LogP contribution in [0.15, 0.2) is 18.2 Å². The number of halogens is 2. The Bertz CT molecular complexity index is 738. The molecule has 0 saturated carbocycles. The number of ether oxygens (including phenoxy) is 1. The van der Waals surface area contributed by atoms with Crippen molar-refractivity contribution in [3.63, 3.8) is 0 Å². The smallest absolute Gasteiger partial charge is 0.335 e. The zero-order chi connectivity index (χ0) is 23.7. The van der Waals surface area contributed by atoms with Crippen LogP contribution in [0, 0.1) is 5.92 Å². The van der Waals surface area contributed by atoms with Crippen LogP contribution in [0.2, 0.25) is 10.0 Å². The van der Waals surface area contributed by atoms with Crippen molar-refractivity contribution in [3.8, 4) is 0 Å². The first kappa shape index (κ1) is 26.8. The molecule has 1 aromatic rings. The fourth-order valence-corrected chi connectivity index (χ4v) is 4.20. The summed E-state index contributed by atoms with van der Waals surface area (Å²) in [7, 11) is 0. The third-order valence-corrected chi connectivity index (χ3v) is 6.14. The summed E-state index contributed by atoms with van der Waals surface area (Å²) in [6.07, 6.45) is -1.03. The Kier molecular flexibility index (Phi) is 11.1. The van der Waals surface area contributed by atoms with E-state index in [0.29, 0.717) is 11.1 Å². The van der Waals surface area contributed by atoms with Gasteiger partial charge in [-0.25, -0.2) is 9.59 Å². The predicted octanol–water partition coefficient (Wildman–Crippen LogP) is 1.46. The van der Waals surface area contributed by atoms with Gasteiger partial charge in [0.1, 0.15) is 0 Å². The highest BCUT2D eigenvalue weighted by Gasteiger charge is 2.29. The number of benzene rings is 1. The highest BCUT2D eigenvalue weighted by atomic mass is 35.5. The Labute approximate surface area is 196 Å². The molecule has 5 N–H and O–H groups in total. The average Bonchev–Trinajstić information content (AvgIpc) is 3.28. The number of hydrogen-bond acceptors (Lipinski definition) is 7. The van der Waals surface area contributed by atoms with Crippen molar-refractivity contribution in [3.05, 3.63) is 33.8 Å². The lowest BCUT2D eigenvalue weighted by Gasteiger charge is -2.36. The molecule has 0 aliphatic carbocycles. The Balaban J connectivity index is 0.000000309. The fraction of sp³-hybridized carbons (Fsp3) is 0.619. The van der Waals surface area contributed by atoms with Crippen LogP contribution in [0.1, 0.15) is 24.8 Å². The number of aliphatic carboxylic acids is 2. The summed E-state index contributed by atoms with van der Waals surface area (Å²) in [4.78, 5) is 22.2. The summed E-state index contributed by atoms with van der Waals surface area (Å²) in [5.74, 6) is -2.79. The SMILES string of the molecule is Clc1ccc(CN(C[C@@H]2CCNC2)C2CCOCC2)c(Cl)c1.O=C(O)C(O)C(O)C(=O)O. The molecule has 0 amide bonds. The van der Waals surface area contributed by atoms with Gasteiger partial charge in [0, 0.05) is 42.4 Å². The molecule has 2 heterocycles. The van der Waals surface area contributed by atoms with E-state index in [1.54, 1.807) is 0 Å². The van der Waals surface area contributed by atoms with Crippen LogP contribution in [0.25, 0.3) is 0 Å². The molecule has 0 radical (unpaired) electrons. The van der Waals surface area contributed by atoms with Crippen molar-refractivity contribution in [1.82, 2.24) is 10.2 Å². The van der Waals surface area contributed by atoms with Crippen molar-refractivity contribution >= 4 is 35.1 Å². The number of aliphatic hydroxyl groups is 2. The monoisotopic (exact) mass is 492 g/mol. The van der Waals surface area contributed by atoms with Crippen LogP contribution in [-0.2, 0) is 20.9 Å². The predicted molar refractivity (Wildman–Crippen MR) is 119 cm³/mol. The van der Waals surface area contributed by atoms with Crippen molar-refractivity contribution in [1.29, 1.82) is 0 Å². The largest absolute Gasteiger partial charge is 0.479 e. The minimum absolute atomic E-state index is 0.598. The lowest BCUT2D eigenvalue weighted by atomic mass is 10.0. The molecule has 3 rings (SSSR count). The van der Waals surface area contributed by atoms with Gasteiger partial charge >= 0.3 is 11.9 Å². The number of nitrogens with zero attached hydrogens (tertiary/aromatic N) is 1. The Morgan fingerprint density at radius 3 is 2.22 bits per heavy atom. The second kappa shape index (κ2) is 13.3. The first-order chi connectivity index (χ1) is 15.2. The van der Waals surface area contributed by atoms with E-state index in [1.807, 2.05) is 12.1 Å². The Morgan fingerprint density at radius 2 is 1.72 bits per heavy atom. The van der Waals surface area contributed by atoms with E-state index < -0.39 is 24.1 Å². The minimum Gasteiger partial charge on any atom is -0.479 e. The van der Waals surface area contributed by atoms with Crippen molar-refractivity contribution in [2.45, 2.75) is 44.1 Å². The van der Waals surface area contributed by atoms with E-state index in [0.717, 1.165) is 63.2 Å². The summed E-state index contributed by atoms with van der Waals surface area (Å²) in [6, 6.07) is 6.44. The lowest BCUT2D eigenvalue weighted by Crippen LogP contribution is -2.42. The van der Waals surface area contributed by atoms with Gasteiger partial charge in [0.25, 0.3) is 0 Å². The second-order valence-electron chi connectivity index (χ2n) is 7.93. The normalized spacial score (nSPS) is 21.0. The van der Waals surface area contributed by atoms with Crippen LogP contribution in [-0.4, -0.2) is 88.4 Å². The van der Waals surface area contributed by atoms with E-state index in [4.69, 9.17) is 48.4 Å². The molecule has 11 heteroatoms. The molecule has 3 atom stereocenters. The summed E-state index contributed by atoms with van der Waals surface area (Å²) < 4.78 is 5.53. The van der Waals surface area contributed by atoms with Crippen LogP contribution in [0.4, 0.5) is 0 Å². The van der Waals surface area contributed by atoms with Gasteiger partial charge in [-0.1, -0.05) is 29.3 Å². The first-order valence-corrected chi connectivity index (χ1v) is 11.2. The molecule has 2 unspecified atom stereocenters. The van der Waals surface area contributed by atoms with Crippen molar-refractivity contribution in [2.75, 3.05) is 32.8 Å². The molecule has 0 aromatic heterocycles. The van der Waals surface area contributed by atoms with Gasteiger partial charge in [-0.15, -0.1) is 0 Å². The van der Waals surface area contributed by atoms with E-state index in [-0.39, 0.29) is 0 Å². The van der Waals surface area contributed by atoms with E-state index >= 15 is 0 Å². The molecule has 180 valence electrons. The number of carbonyl (C=O) groups is 2. The van der Waals surface area contributed by atoms with Gasteiger partial charge in [-0.2, -0.15) is 0 Å². The standard InChI is InChI=1S/C17H24Cl2N2O.C4H6O6/c18-15-2-1-14(17(19)9-15)12-21(11-13-3-6-20-10-13)16-4-7-22-8-5-16;5-1(3(7)8)2(6)4(9)10/h1-2,9,13,16,20H,3-8,10-12H2;1-2,5-6H,(H,7,8)(H,9,10)/t13-;/m1./s1. The van der Waals surface area contributed by atoms with Crippen LogP contribution in [0.3, 0.4) is 0 Å². The maximum Gasteiger partial charge on any atom is 0.335 e. The first-order valence-electron chi connectivity index (χ1n) is 10.5. The maximum absolute atomic E-state index is 9.77. The molecule has 2 aliphatic rings. The molecular formula is C21H30Cl2N2O7. The number of nitrogens with one attached hydrogen (secondary N) is 1. The van der Waals surface area contributed by atoms with Gasteiger partial charge in [0.15, 0.2) is 12.2 Å². The topological polar surface area (TPSA) is 140 Å².